The van der Waals surface area contributed by atoms with E-state index >= 15 is 0 Å². The minimum Gasteiger partial charge on any atom is -0.315 e. The van der Waals surface area contributed by atoms with Gasteiger partial charge in [0.05, 0.1) is 12.1 Å². The van der Waals surface area contributed by atoms with Gasteiger partial charge in [-0.05, 0) is 31.0 Å². The number of benzene rings is 1. The van der Waals surface area contributed by atoms with Crippen molar-refractivity contribution in [2.75, 3.05) is 16.8 Å². The van der Waals surface area contributed by atoms with E-state index in [9.17, 15) is 9.59 Å². The molecule has 0 radical (unpaired) electrons. The van der Waals surface area contributed by atoms with E-state index in [-0.39, 0.29) is 24.2 Å². The zero-order valence-corrected chi connectivity index (χ0v) is 13.2. The predicted molar refractivity (Wildman–Crippen MR) is 84.9 cm³/mol. The molecule has 0 bridgehead atoms. The lowest BCUT2D eigenvalue weighted by atomic mass is 10.1. The van der Waals surface area contributed by atoms with Gasteiger partial charge in [0, 0.05) is 30.2 Å². The molecule has 22 heavy (non-hydrogen) atoms. The molecule has 1 aromatic heterocycles. The van der Waals surface area contributed by atoms with Crippen LogP contribution in [0.3, 0.4) is 0 Å². The van der Waals surface area contributed by atoms with E-state index in [1.807, 2.05) is 32.0 Å². The summed E-state index contributed by atoms with van der Waals surface area (Å²) in [7, 11) is 0. The van der Waals surface area contributed by atoms with Crippen molar-refractivity contribution in [3.63, 3.8) is 0 Å². The summed E-state index contributed by atoms with van der Waals surface area (Å²) in [6, 6.07) is 5.87. The van der Waals surface area contributed by atoms with Gasteiger partial charge in [-0.2, -0.15) is 0 Å². The molecule has 1 unspecified atom stereocenters. The summed E-state index contributed by atoms with van der Waals surface area (Å²) in [5.41, 5.74) is 3.09. The summed E-state index contributed by atoms with van der Waals surface area (Å²) in [5, 5.41) is 7.03. The van der Waals surface area contributed by atoms with Crippen molar-refractivity contribution in [2.45, 2.75) is 20.3 Å². The fourth-order valence-corrected chi connectivity index (χ4v) is 3.01. The highest BCUT2D eigenvalue weighted by Gasteiger charge is 2.35. The number of amides is 2. The molecule has 1 atom stereocenters. The zero-order valence-electron chi connectivity index (χ0n) is 12.4. The number of carbonyl (C=O) groups excluding carboxylic acids is 2. The molecule has 1 aliphatic rings. The first-order chi connectivity index (χ1) is 10.6. The first-order valence-electron chi connectivity index (χ1n) is 7.01. The Morgan fingerprint density at radius 3 is 2.95 bits per heavy atom. The average molecular weight is 316 g/mol. The van der Waals surface area contributed by atoms with Crippen molar-refractivity contribution in [2.24, 2.45) is 5.92 Å². The van der Waals surface area contributed by atoms with Crippen molar-refractivity contribution in [1.82, 2.24) is 9.59 Å². The van der Waals surface area contributed by atoms with E-state index in [4.69, 9.17) is 0 Å². The molecular weight excluding hydrogens is 300 g/mol. The summed E-state index contributed by atoms with van der Waals surface area (Å²) in [4.78, 5) is 26.2. The normalized spacial score (nSPS) is 17.8. The number of aryl methyl sites for hydroxylation is 1. The standard InChI is InChI=1S/C15H16N4O2S/c1-9-4-3-5-12(10(9)2)19-8-11(6-14(19)20)15(21)17-13-7-16-18-22-13/h3-5,7,11H,6,8H2,1-2H3,(H,17,21). The number of carbonyl (C=O) groups is 2. The first-order valence-corrected chi connectivity index (χ1v) is 7.78. The molecule has 1 N–H and O–H groups in total. The Kier molecular flexibility index (Phi) is 3.89. The Labute approximate surface area is 132 Å². The van der Waals surface area contributed by atoms with Crippen LogP contribution in [0.5, 0.6) is 0 Å². The van der Waals surface area contributed by atoms with Crippen molar-refractivity contribution in [3.8, 4) is 0 Å². The van der Waals surface area contributed by atoms with Crippen LogP contribution < -0.4 is 10.2 Å². The topological polar surface area (TPSA) is 75.2 Å². The number of hydrogen-bond acceptors (Lipinski definition) is 5. The van der Waals surface area contributed by atoms with Gasteiger partial charge in [-0.1, -0.05) is 16.6 Å². The van der Waals surface area contributed by atoms with Crippen molar-refractivity contribution in [1.29, 1.82) is 0 Å². The Morgan fingerprint density at radius 1 is 1.41 bits per heavy atom. The summed E-state index contributed by atoms with van der Waals surface area (Å²) in [6.07, 6.45) is 1.73. The summed E-state index contributed by atoms with van der Waals surface area (Å²) >= 11 is 1.12. The predicted octanol–water partition coefficient (Wildman–Crippen LogP) is 2.15. The molecule has 3 rings (SSSR count). The van der Waals surface area contributed by atoms with Crippen LogP contribution in [0.15, 0.2) is 24.4 Å². The summed E-state index contributed by atoms with van der Waals surface area (Å²) in [6.45, 7) is 4.41. The van der Waals surface area contributed by atoms with Gasteiger partial charge in [0.1, 0.15) is 5.00 Å². The minimum absolute atomic E-state index is 0.0173. The molecule has 1 fully saturated rings. The average Bonchev–Trinajstić information content (AvgIpc) is 3.12. The third-order valence-corrected chi connectivity index (χ3v) is 4.55. The number of aromatic nitrogens is 2. The van der Waals surface area contributed by atoms with Gasteiger partial charge in [-0.3, -0.25) is 9.59 Å². The molecule has 0 aliphatic carbocycles. The minimum atomic E-state index is -0.352. The maximum Gasteiger partial charge on any atom is 0.230 e. The van der Waals surface area contributed by atoms with E-state index in [0.29, 0.717) is 11.5 Å². The zero-order chi connectivity index (χ0) is 15.7. The van der Waals surface area contributed by atoms with Gasteiger partial charge in [0.15, 0.2) is 0 Å². The maximum atomic E-state index is 12.3. The highest BCUT2D eigenvalue weighted by molar-refractivity contribution is 7.10. The van der Waals surface area contributed by atoms with E-state index in [2.05, 4.69) is 14.9 Å². The molecule has 0 saturated carbocycles. The second-order valence-electron chi connectivity index (χ2n) is 5.40. The Balaban J connectivity index is 1.75. The van der Waals surface area contributed by atoms with Crippen molar-refractivity contribution < 1.29 is 9.59 Å². The fraction of sp³-hybridized carbons (Fsp3) is 0.333. The van der Waals surface area contributed by atoms with Gasteiger partial charge in [0.2, 0.25) is 11.8 Å². The van der Waals surface area contributed by atoms with Gasteiger partial charge < -0.3 is 10.2 Å². The van der Waals surface area contributed by atoms with E-state index in [0.717, 1.165) is 28.3 Å². The van der Waals surface area contributed by atoms with Crippen LogP contribution in [0.4, 0.5) is 10.7 Å². The van der Waals surface area contributed by atoms with Gasteiger partial charge in [-0.15, -0.1) is 5.10 Å². The Hall–Kier alpha value is -2.28. The van der Waals surface area contributed by atoms with Crippen LogP contribution >= 0.6 is 11.5 Å². The van der Waals surface area contributed by atoms with Crippen molar-refractivity contribution >= 4 is 34.0 Å². The molecule has 1 aromatic carbocycles. The highest BCUT2D eigenvalue weighted by atomic mass is 32.1. The maximum absolute atomic E-state index is 12.3. The highest BCUT2D eigenvalue weighted by Crippen LogP contribution is 2.30. The lowest BCUT2D eigenvalue weighted by Gasteiger charge is -2.20. The molecule has 2 heterocycles. The van der Waals surface area contributed by atoms with Crippen LogP contribution in [0.25, 0.3) is 0 Å². The lowest BCUT2D eigenvalue weighted by molar-refractivity contribution is -0.122. The number of rotatable bonds is 3. The lowest BCUT2D eigenvalue weighted by Crippen LogP contribution is -2.28. The third-order valence-electron chi connectivity index (χ3n) is 3.97. The monoisotopic (exact) mass is 316 g/mol. The molecule has 7 heteroatoms. The largest absolute Gasteiger partial charge is 0.315 e. The SMILES string of the molecule is Cc1cccc(N2CC(C(=O)Nc3cnns3)CC2=O)c1C. The van der Waals surface area contributed by atoms with Crippen LogP contribution in [-0.4, -0.2) is 27.9 Å². The van der Waals surface area contributed by atoms with Crippen LogP contribution in [-0.2, 0) is 9.59 Å². The van der Waals surface area contributed by atoms with Crippen molar-refractivity contribution in [3.05, 3.63) is 35.5 Å². The molecule has 114 valence electrons. The van der Waals surface area contributed by atoms with Crippen LogP contribution in [0.2, 0.25) is 0 Å². The molecule has 1 aliphatic heterocycles. The molecule has 0 spiro atoms. The van der Waals surface area contributed by atoms with E-state index in [1.165, 1.54) is 6.20 Å². The van der Waals surface area contributed by atoms with Gasteiger partial charge in [0.25, 0.3) is 0 Å². The number of hydrogen-bond donors (Lipinski definition) is 1. The van der Waals surface area contributed by atoms with Gasteiger partial charge >= 0.3 is 0 Å². The second-order valence-corrected chi connectivity index (χ2v) is 6.18. The molecule has 1 saturated heterocycles. The summed E-state index contributed by atoms with van der Waals surface area (Å²) < 4.78 is 3.70. The quantitative estimate of drug-likeness (QED) is 0.941. The number of nitrogens with one attached hydrogen (secondary N) is 1. The fourth-order valence-electron chi connectivity index (χ4n) is 2.59. The number of anilines is 2. The first kappa shape index (κ1) is 14.6. The molecule has 6 nitrogen and oxygen atoms in total. The van der Waals surface area contributed by atoms with Crippen LogP contribution in [0, 0.1) is 19.8 Å². The summed E-state index contributed by atoms with van der Waals surface area (Å²) in [5.74, 6) is -0.530. The number of nitrogens with zero attached hydrogens (tertiary/aromatic N) is 3. The third kappa shape index (κ3) is 2.71. The smallest absolute Gasteiger partial charge is 0.230 e. The van der Waals surface area contributed by atoms with Gasteiger partial charge in [-0.25, -0.2) is 0 Å². The van der Waals surface area contributed by atoms with Crippen LogP contribution in [0.1, 0.15) is 17.5 Å². The Bertz CT molecular complexity index is 714. The van der Waals surface area contributed by atoms with E-state index < -0.39 is 0 Å². The molecule has 2 amide bonds. The molecular formula is C15H16N4O2S. The van der Waals surface area contributed by atoms with E-state index in [1.54, 1.807) is 4.90 Å². The molecule has 2 aromatic rings. The second kappa shape index (κ2) is 5.84. The Morgan fingerprint density at radius 2 is 2.23 bits per heavy atom.